The maximum absolute atomic E-state index is 11.6. The quantitative estimate of drug-likeness (QED) is 0.644. The summed E-state index contributed by atoms with van der Waals surface area (Å²) in [6, 6.07) is 12.6. The van der Waals surface area contributed by atoms with Crippen LogP contribution in [0, 0.1) is 5.21 Å². The molecule has 0 spiro atoms. The number of carbonyl (C=O) groups is 1. The van der Waals surface area contributed by atoms with Crippen molar-refractivity contribution in [2.45, 2.75) is 0 Å². The summed E-state index contributed by atoms with van der Waals surface area (Å²) in [5.74, 6) is -0.526. The van der Waals surface area contributed by atoms with E-state index in [0.717, 1.165) is 5.39 Å². The zero-order valence-corrected chi connectivity index (χ0v) is 8.84. The number of nitrogens with two attached hydrogens (primary N) is 1. The van der Waals surface area contributed by atoms with E-state index in [-0.39, 0.29) is 0 Å². The number of hydrogen-bond donors (Lipinski definition) is 1. The van der Waals surface area contributed by atoms with Gasteiger partial charge in [-0.15, -0.1) is 0 Å². The van der Waals surface area contributed by atoms with Gasteiger partial charge in [0.15, 0.2) is 0 Å². The van der Waals surface area contributed by atoms with E-state index in [0.29, 0.717) is 27.6 Å². The molecule has 0 atom stereocenters. The summed E-state index contributed by atoms with van der Waals surface area (Å²) in [7, 11) is 0. The summed E-state index contributed by atoms with van der Waals surface area (Å²) in [5, 5.41) is 12.2. The molecule has 0 aliphatic carbocycles. The Morgan fingerprint density at radius 3 is 2.65 bits per heavy atom. The van der Waals surface area contributed by atoms with Crippen molar-refractivity contribution in [3.63, 3.8) is 0 Å². The third-order valence-corrected chi connectivity index (χ3v) is 2.78. The van der Waals surface area contributed by atoms with Crippen LogP contribution in [0.25, 0.3) is 21.9 Å². The largest absolute Gasteiger partial charge is 0.628 e. The molecule has 2 N–H and O–H groups in total. The topological polar surface area (TPSA) is 69.9 Å². The molecule has 0 saturated heterocycles. The van der Waals surface area contributed by atoms with Crippen LogP contribution in [0.4, 0.5) is 0 Å². The Labute approximate surface area is 96.4 Å². The van der Waals surface area contributed by atoms with E-state index >= 15 is 0 Å². The van der Waals surface area contributed by atoms with Gasteiger partial charge in [-0.1, -0.05) is 24.3 Å². The number of carbonyl (C=O) groups excluding carboxylic acids is 1. The first-order chi connectivity index (χ1) is 8.31. The third-order valence-electron chi connectivity index (χ3n) is 2.78. The third kappa shape index (κ3) is 1.43. The minimum atomic E-state index is -0.526. The molecular weight excluding hydrogens is 218 g/mol. The van der Waals surface area contributed by atoms with Crippen LogP contribution >= 0.6 is 0 Å². The van der Waals surface area contributed by atoms with E-state index in [1.54, 1.807) is 18.2 Å². The molecule has 1 amide bonds. The first-order valence-corrected chi connectivity index (χ1v) is 5.21. The van der Waals surface area contributed by atoms with Crippen molar-refractivity contribution in [1.82, 2.24) is 0 Å². The molecule has 0 fully saturated rings. The molecule has 0 bridgehead atoms. The lowest BCUT2D eigenvalue weighted by atomic mass is 10.1. The molecule has 0 aliphatic heterocycles. The highest BCUT2D eigenvalue weighted by Crippen LogP contribution is 2.30. The Morgan fingerprint density at radius 1 is 1.06 bits per heavy atom. The summed E-state index contributed by atoms with van der Waals surface area (Å²) in [4.78, 5) is 11.6. The summed E-state index contributed by atoms with van der Waals surface area (Å²) in [6.07, 6.45) is 0. The van der Waals surface area contributed by atoms with E-state index < -0.39 is 5.91 Å². The molecule has 1 aromatic heterocycles. The molecule has 0 unspecified atom stereocenters. The molecule has 4 nitrogen and oxygen atoms in total. The van der Waals surface area contributed by atoms with Crippen LogP contribution in [0.3, 0.4) is 0 Å². The SMILES string of the molecule is O=C([NH2+][O-])c1cccc2oc3ccccc3c12. The summed E-state index contributed by atoms with van der Waals surface area (Å²) < 4.78 is 5.62. The molecular formula is C13H9NO3. The molecule has 17 heavy (non-hydrogen) atoms. The zero-order chi connectivity index (χ0) is 11.8. The van der Waals surface area contributed by atoms with Crippen molar-refractivity contribution in [3.8, 4) is 0 Å². The number of para-hydroxylation sites is 1. The van der Waals surface area contributed by atoms with Crippen LogP contribution in [-0.2, 0) is 0 Å². The lowest BCUT2D eigenvalue weighted by Gasteiger charge is -2.01. The molecule has 0 aliphatic rings. The number of hydroxylamine groups is 1. The van der Waals surface area contributed by atoms with Crippen LogP contribution in [0.15, 0.2) is 46.9 Å². The van der Waals surface area contributed by atoms with Gasteiger partial charge in [-0.3, -0.25) is 0 Å². The van der Waals surface area contributed by atoms with Crippen LogP contribution in [0.5, 0.6) is 0 Å². The van der Waals surface area contributed by atoms with Gasteiger partial charge in [0.2, 0.25) is 0 Å². The van der Waals surface area contributed by atoms with Crippen LogP contribution in [0.1, 0.15) is 10.4 Å². The number of quaternary nitrogens is 1. The first-order valence-electron chi connectivity index (χ1n) is 5.21. The number of fused-ring (bicyclic) bond motifs is 3. The van der Waals surface area contributed by atoms with Gasteiger partial charge in [-0.2, -0.15) is 0 Å². The number of amides is 1. The molecule has 2 aromatic carbocycles. The average Bonchev–Trinajstić information content (AvgIpc) is 2.76. The number of rotatable bonds is 1. The molecule has 4 heteroatoms. The van der Waals surface area contributed by atoms with Gasteiger partial charge < -0.3 is 15.1 Å². The average molecular weight is 227 g/mol. The highest BCUT2D eigenvalue weighted by Gasteiger charge is 2.16. The van der Waals surface area contributed by atoms with Crippen molar-refractivity contribution in [2.75, 3.05) is 0 Å². The maximum atomic E-state index is 11.6. The van der Waals surface area contributed by atoms with Crippen molar-refractivity contribution in [3.05, 3.63) is 53.2 Å². The molecule has 84 valence electrons. The standard InChI is InChI=1S/C13H9NO3/c15-13(14-16)9-5-3-7-11-12(9)8-4-1-2-6-10(8)17-11/h1-7H,14H2. The summed E-state index contributed by atoms with van der Waals surface area (Å²) >= 11 is 0. The monoisotopic (exact) mass is 227 g/mol. The Kier molecular flexibility index (Phi) is 2.18. The Hall–Kier alpha value is -2.17. The molecule has 3 rings (SSSR count). The fraction of sp³-hybridized carbons (Fsp3) is 0. The number of hydrogen-bond acceptors (Lipinski definition) is 3. The fourth-order valence-corrected chi connectivity index (χ4v) is 2.04. The van der Waals surface area contributed by atoms with E-state index in [9.17, 15) is 10.0 Å². The normalized spacial score (nSPS) is 11.1. The van der Waals surface area contributed by atoms with E-state index in [1.807, 2.05) is 24.3 Å². The first kappa shape index (κ1) is 10.0. The molecule has 0 saturated carbocycles. The highest BCUT2D eigenvalue weighted by molar-refractivity contribution is 6.14. The predicted octanol–water partition coefficient (Wildman–Crippen LogP) is 1.79. The minimum Gasteiger partial charge on any atom is -0.628 e. The van der Waals surface area contributed by atoms with Crippen molar-refractivity contribution in [2.24, 2.45) is 0 Å². The van der Waals surface area contributed by atoms with E-state index in [4.69, 9.17) is 4.42 Å². The Bertz CT molecular complexity index is 715. The Morgan fingerprint density at radius 2 is 1.82 bits per heavy atom. The maximum Gasteiger partial charge on any atom is 0.343 e. The lowest BCUT2D eigenvalue weighted by molar-refractivity contribution is -0.481. The summed E-state index contributed by atoms with van der Waals surface area (Å²) in [6.45, 7) is 0. The fourth-order valence-electron chi connectivity index (χ4n) is 2.04. The van der Waals surface area contributed by atoms with Gasteiger partial charge in [0.25, 0.3) is 0 Å². The van der Waals surface area contributed by atoms with Crippen LogP contribution < -0.4 is 5.48 Å². The number of primary amides is 1. The van der Waals surface area contributed by atoms with Gasteiger partial charge in [0.1, 0.15) is 11.2 Å². The van der Waals surface area contributed by atoms with Crippen molar-refractivity contribution < 1.29 is 14.7 Å². The van der Waals surface area contributed by atoms with Gasteiger partial charge in [0, 0.05) is 10.8 Å². The van der Waals surface area contributed by atoms with Crippen LogP contribution in [-0.4, -0.2) is 5.91 Å². The highest BCUT2D eigenvalue weighted by atomic mass is 16.5. The number of furan rings is 1. The van der Waals surface area contributed by atoms with Gasteiger partial charge >= 0.3 is 5.91 Å². The minimum absolute atomic E-state index is 0.330. The van der Waals surface area contributed by atoms with Gasteiger partial charge in [0.05, 0.1) is 5.56 Å². The van der Waals surface area contributed by atoms with E-state index in [2.05, 4.69) is 0 Å². The smallest absolute Gasteiger partial charge is 0.343 e. The molecule has 0 radical (unpaired) electrons. The predicted molar refractivity (Wildman–Crippen MR) is 63.3 cm³/mol. The van der Waals surface area contributed by atoms with Crippen molar-refractivity contribution >= 4 is 27.8 Å². The Balaban J connectivity index is 2.47. The van der Waals surface area contributed by atoms with Crippen LogP contribution in [0.2, 0.25) is 0 Å². The summed E-state index contributed by atoms with van der Waals surface area (Å²) in [5.41, 5.74) is 2.06. The van der Waals surface area contributed by atoms with Gasteiger partial charge in [-0.05, 0) is 18.2 Å². The van der Waals surface area contributed by atoms with Crippen molar-refractivity contribution in [1.29, 1.82) is 0 Å². The zero-order valence-electron chi connectivity index (χ0n) is 8.84. The van der Waals surface area contributed by atoms with E-state index in [1.165, 1.54) is 0 Å². The van der Waals surface area contributed by atoms with Gasteiger partial charge in [-0.25, -0.2) is 4.79 Å². The second-order valence-electron chi connectivity index (χ2n) is 3.76. The second kappa shape index (κ2) is 3.69. The number of benzene rings is 2. The molecule has 3 aromatic rings. The lowest BCUT2D eigenvalue weighted by Crippen LogP contribution is -2.81. The second-order valence-corrected chi connectivity index (χ2v) is 3.76. The molecule has 1 heterocycles.